The first-order valence-electron chi connectivity index (χ1n) is 9.84. The molecule has 0 saturated carbocycles. The maximum atomic E-state index is 12.5. The zero-order chi connectivity index (χ0) is 22.4. The summed E-state index contributed by atoms with van der Waals surface area (Å²) in [4.78, 5) is 24.8. The van der Waals surface area contributed by atoms with Gasteiger partial charge in [-0.15, -0.1) is 10.2 Å². The molecular weight excluding hydrogens is 434 g/mol. The molecule has 0 radical (unpaired) electrons. The number of thioether (sulfide) groups is 1. The fourth-order valence-corrected chi connectivity index (χ4v) is 3.98. The van der Waals surface area contributed by atoms with E-state index in [1.54, 1.807) is 24.3 Å². The average Bonchev–Trinajstić information content (AvgIpc) is 3.13. The molecule has 2 aromatic carbocycles. The van der Waals surface area contributed by atoms with Crippen LogP contribution in [-0.4, -0.2) is 32.3 Å². The van der Waals surface area contributed by atoms with Crippen molar-refractivity contribution in [2.45, 2.75) is 38.9 Å². The molecule has 7 nitrogen and oxygen atoms in total. The molecule has 162 valence electrons. The zero-order valence-electron chi connectivity index (χ0n) is 17.6. The van der Waals surface area contributed by atoms with E-state index in [-0.39, 0.29) is 24.0 Å². The van der Waals surface area contributed by atoms with Crippen molar-refractivity contribution in [3.8, 4) is 0 Å². The number of benzene rings is 2. The van der Waals surface area contributed by atoms with Crippen molar-refractivity contribution in [2.24, 2.45) is 0 Å². The van der Waals surface area contributed by atoms with Crippen LogP contribution >= 0.6 is 23.4 Å². The highest BCUT2D eigenvalue weighted by Crippen LogP contribution is 2.23. The van der Waals surface area contributed by atoms with Crippen LogP contribution in [-0.2, 0) is 22.6 Å². The lowest BCUT2D eigenvalue weighted by molar-refractivity contribution is -0.116. The SMILES string of the molecule is CCn1c(CC(=O)Nc2cccc(C)c2C)nnc1SCC(=O)Nc1ccccc1Cl. The molecule has 2 amide bonds. The number of nitrogens with zero attached hydrogens (tertiary/aromatic N) is 3. The Kier molecular flexibility index (Phi) is 7.70. The van der Waals surface area contributed by atoms with Gasteiger partial charge in [0.25, 0.3) is 0 Å². The highest BCUT2D eigenvalue weighted by atomic mass is 35.5. The van der Waals surface area contributed by atoms with Crippen molar-refractivity contribution in [1.29, 1.82) is 0 Å². The number of halogens is 1. The molecule has 31 heavy (non-hydrogen) atoms. The number of rotatable bonds is 8. The molecule has 1 heterocycles. The van der Waals surface area contributed by atoms with Crippen LogP contribution in [0.1, 0.15) is 23.9 Å². The molecule has 1 aromatic heterocycles. The van der Waals surface area contributed by atoms with Crippen molar-refractivity contribution in [2.75, 3.05) is 16.4 Å². The second kappa shape index (κ2) is 10.5. The molecular formula is C22H24ClN5O2S. The van der Waals surface area contributed by atoms with Crippen molar-refractivity contribution in [3.63, 3.8) is 0 Å². The fraction of sp³-hybridized carbons (Fsp3) is 0.273. The van der Waals surface area contributed by atoms with Crippen molar-refractivity contribution in [1.82, 2.24) is 14.8 Å². The number of amides is 2. The van der Waals surface area contributed by atoms with Gasteiger partial charge >= 0.3 is 0 Å². The molecule has 0 saturated heterocycles. The highest BCUT2D eigenvalue weighted by molar-refractivity contribution is 7.99. The van der Waals surface area contributed by atoms with Gasteiger partial charge in [0.05, 0.1) is 22.9 Å². The molecule has 0 bridgehead atoms. The Balaban J connectivity index is 1.61. The minimum atomic E-state index is -0.196. The van der Waals surface area contributed by atoms with E-state index in [0.29, 0.717) is 28.2 Å². The lowest BCUT2D eigenvalue weighted by Gasteiger charge is -2.11. The standard InChI is InChI=1S/C22H24ClN5O2S/c1-4-28-19(12-20(29)24-17-11-7-8-14(2)15(17)3)26-27-22(28)31-13-21(30)25-18-10-6-5-9-16(18)23/h5-11H,4,12-13H2,1-3H3,(H,24,29)(H,25,30). The van der Waals surface area contributed by atoms with Crippen LogP contribution < -0.4 is 10.6 Å². The summed E-state index contributed by atoms with van der Waals surface area (Å²) in [5, 5.41) is 15.1. The Morgan fingerprint density at radius 3 is 2.45 bits per heavy atom. The molecule has 9 heteroatoms. The van der Waals surface area contributed by atoms with E-state index in [1.807, 2.05) is 43.5 Å². The topological polar surface area (TPSA) is 88.9 Å². The molecule has 0 aliphatic carbocycles. The first-order chi connectivity index (χ1) is 14.9. The Morgan fingerprint density at radius 2 is 1.71 bits per heavy atom. The number of anilines is 2. The van der Waals surface area contributed by atoms with Crippen molar-refractivity contribution >= 4 is 46.6 Å². The van der Waals surface area contributed by atoms with E-state index in [9.17, 15) is 9.59 Å². The molecule has 0 aliphatic heterocycles. The minimum Gasteiger partial charge on any atom is -0.325 e. The van der Waals surface area contributed by atoms with Gasteiger partial charge in [0, 0.05) is 12.2 Å². The molecule has 3 rings (SSSR count). The highest BCUT2D eigenvalue weighted by Gasteiger charge is 2.17. The number of aromatic nitrogens is 3. The van der Waals surface area contributed by atoms with Crippen LogP contribution in [0.25, 0.3) is 0 Å². The number of aryl methyl sites for hydroxylation is 1. The predicted molar refractivity (Wildman–Crippen MR) is 125 cm³/mol. The zero-order valence-corrected chi connectivity index (χ0v) is 19.2. The Bertz CT molecular complexity index is 1100. The quantitative estimate of drug-likeness (QED) is 0.487. The summed E-state index contributed by atoms with van der Waals surface area (Å²) in [6, 6.07) is 12.9. The van der Waals surface area contributed by atoms with Crippen LogP contribution in [0.3, 0.4) is 0 Å². The fourth-order valence-electron chi connectivity index (χ4n) is 2.98. The van der Waals surface area contributed by atoms with Gasteiger partial charge in [-0.2, -0.15) is 0 Å². The number of nitrogens with one attached hydrogen (secondary N) is 2. The molecule has 0 unspecified atom stereocenters. The van der Waals surface area contributed by atoms with Crippen LogP contribution in [0.2, 0.25) is 5.02 Å². The van der Waals surface area contributed by atoms with Gasteiger partial charge in [0.1, 0.15) is 5.82 Å². The van der Waals surface area contributed by atoms with E-state index in [0.717, 1.165) is 16.8 Å². The maximum Gasteiger partial charge on any atom is 0.234 e. The van der Waals surface area contributed by atoms with Crippen LogP contribution in [0.15, 0.2) is 47.6 Å². The third kappa shape index (κ3) is 5.86. The van der Waals surface area contributed by atoms with Gasteiger partial charge in [0.2, 0.25) is 11.8 Å². The van der Waals surface area contributed by atoms with Crippen LogP contribution in [0.4, 0.5) is 11.4 Å². The minimum absolute atomic E-state index is 0.0978. The molecule has 0 fully saturated rings. The summed E-state index contributed by atoms with van der Waals surface area (Å²) < 4.78 is 1.84. The normalized spacial score (nSPS) is 10.7. The lowest BCUT2D eigenvalue weighted by Crippen LogP contribution is -2.18. The van der Waals surface area contributed by atoms with Crippen LogP contribution in [0, 0.1) is 13.8 Å². The number of carbonyl (C=O) groups is 2. The molecule has 3 aromatic rings. The first kappa shape index (κ1) is 22.8. The summed E-state index contributed by atoms with van der Waals surface area (Å²) in [6.45, 7) is 6.52. The third-order valence-electron chi connectivity index (χ3n) is 4.79. The summed E-state index contributed by atoms with van der Waals surface area (Å²) in [5.74, 6) is 0.346. The van der Waals surface area contributed by atoms with E-state index in [2.05, 4.69) is 20.8 Å². The van der Waals surface area contributed by atoms with E-state index >= 15 is 0 Å². The van der Waals surface area contributed by atoms with E-state index in [4.69, 9.17) is 11.6 Å². The Morgan fingerprint density at radius 1 is 1.00 bits per heavy atom. The number of hydrogen-bond acceptors (Lipinski definition) is 5. The van der Waals surface area contributed by atoms with Gasteiger partial charge in [-0.3, -0.25) is 9.59 Å². The second-order valence-corrected chi connectivity index (χ2v) is 8.28. The summed E-state index contributed by atoms with van der Waals surface area (Å²) in [6.07, 6.45) is 0.0978. The number of hydrogen-bond donors (Lipinski definition) is 2. The summed E-state index contributed by atoms with van der Waals surface area (Å²) in [7, 11) is 0. The van der Waals surface area contributed by atoms with Gasteiger partial charge in [-0.05, 0) is 50.1 Å². The van der Waals surface area contributed by atoms with Crippen LogP contribution in [0.5, 0.6) is 0 Å². The molecule has 0 atom stereocenters. The number of para-hydroxylation sites is 1. The van der Waals surface area contributed by atoms with E-state index in [1.165, 1.54) is 11.8 Å². The average molecular weight is 458 g/mol. The predicted octanol–water partition coefficient (Wildman–Crippen LogP) is 4.48. The largest absolute Gasteiger partial charge is 0.325 e. The molecule has 0 aliphatic rings. The number of carbonyl (C=O) groups excluding carboxylic acids is 2. The molecule has 2 N–H and O–H groups in total. The third-order valence-corrected chi connectivity index (χ3v) is 6.08. The summed E-state index contributed by atoms with van der Waals surface area (Å²) in [5.41, 5.74) is 3.51. The maximum absolute atomic E-state index is 12.5. The van der Waals surface area contributed by atoms with Gasteiger partial charge in [0.15, 0.2) is 5.16 Å². The Labute approximate surface area is 190 Å². The van der Waals surface area contributed by atoms with Gasteiger partial charge in [-0.1, -0.05) is 47.6 Å². The molecule has 0 spiro atoms. The van der Waals surface area contributed by atoms with Crippen molar-refractivity contribution in [3.05, 3.63) is 64.4 Å². The van der Waals surface area contributed by atoms with E-state index < -0.39 is 0 Å². The second-order valence-electron chi connectivity index (χ2n) is 6.93. The first-order valence-corrected chi connectivity index (χ1v) is 11.2. The lowest BCUT2D eigenvalue weighted by atomic mass is 10.1. The summed E-state index contributed by atoms with van der Waals surface area (Å²) >= 11 is 7.34. The van der Waals surface area contributed by atoms with Gasteiger partial charge in [-0.25, -0.2) is 0 Å². The van der Waals surface area contributed by atoms with Gasteiger partial charge < -0.3 is 15.2 Å². The monoisotopic (exact) mass is 457 g/mol. The smallest absolute Gasteiger partial charge is 0.234 e. The van der Waals surface area contributed by atoms with Crippen molar-refractivity contribution < 1.29 is 9.59 Å². The Hall–Kier alpha value is -2.84.